The summed E-state index contributed by atoms with van der Waals surface area (Å²) in [5, 5.41) is 12.1. The lowest BCUT2D eigenvalue weighted by molar-refractivity contribution is -0.0122. The first-order chi connectivity index (χ1) is 13.0. The number of aromatic nitrogens is 5. The second kappa shape index (κ2) is 6.92. The maximum Gasteiger partial charge on any atom is 0.277 e. The van der Waals surface area contributed by atoms with Crippen LogP contribution >= 0.6 is 0 Å². The quantitative estimate of drug-likeness (QED) is 0.695. The van der Waals surface area contributed by atoms with E-state index >= 15 is 0 Å². The monoisotopic (exact) mass is 368 g/mol. The summed E-state index contributed by atoms with van der Waals surface area (Å²) in [6.45, 7) is 6.76. The fourth-order valence-electron chi connectivity index (χ4n) is 3.09. The first kappa shape index (κ1) is 17.3. The van der Waals surface area contributed by atoms with Gasteiger partial charge in [-0.2, -0.15) is 4.98 Å². The van der Waals surface area contributed by atoms with E-state index in [0.717, 1.165) is 11.3 Å². The summed E-state index contributed by atoms with van der Waals surface area (Å²) >= 11 is 0. The van der Waals surface area contributed by atoms with Crippen molar-refractivity contribution >= 4 is 5.91 Å². The molecule has 1 aliphatic heterocycles. The zero-order valence-electron chi connectivity index (χ0n) is 15.4. The summed E-state index contributed by atoms with van der Waals surface area (Å²) < 4.78 is 12.4. The van der Waals surface area contributed by atoms with E-state index in [-0.39, 0.29) is 5.91 Å². The first-order valence-electron chi connectivity index (χ1n) is 8.73. The topological polar surface area (TPSA) is 99.2 Å². The molecule has 0 aliphatic carbocycles. The van der Waals surface area contributed by atoms with E-state index in [1.54, 1.807) is 16.5 Å². The van der Waals surface area contributed by atoms with E-state index in [1.165, 1.54) is 0 Å². The van der Waals surface area contributed by atoms with Crippen LogP contribution in [0.1, 0.15) is 39.5 Å². The van der Waals surface area contributed by atoms with Gasteiger partial charge in [-0.3, -0.25) is 4.79 Å². The van der Waals surface area contributed by atoms with Crippen molar-refractivity contribution in [3.05, 3.63) is 52.9 Å². The molecule has 2 aromatic heterocycles. The van der Waals surface area contributed by atoms with Crippen molar-refractivity contribution < 1.29 is 14.1 Å². The summed E-state index contributed by atoms with van der Waals surface area (Å²) in [6.07, 6.45) is 0. The van der Waals surface area contributed by atoms with Crippen molar-refractivity contribution in [1.29, 1.82) is 0 Å². The van der Waals surface area contributed by atoms with E-state index in [1.807, 2.05) is 38.1 Å². The summed E-state index contributed by atoms with van der Waals surface area (Å²) in [4.78, 5) is 19.1. The normalized spacial score (nSPS) is 17.3. The number of carbonyl (C=O) groups excluding carboxylic acids is 1. The van der Waals surface area contributed by atoms with Crippen molar-refractivity contribution in [2.45, 2.75) is 26.8 Å². The molecule has 1 amide bonds. The highest BCUT2D eigenvalue weighted by atomic mass is 16.5. The van der Waals surface area contributed by atoms with Crippen LogP contribution in [0.15, 0.2) is 28.8 Å². The minimum atomic E-state index is -0.434. The Balaban J connectivity index is 1.64. The third-order valence-corrected chi connectivity index (χ3v) is 4.59. The molecule has 0 saturated carbocycles. The molecule has 1 fully saturated rings. The van der Waals surface area contributed by atoms with Gasteiger partial charge in [0.15, 0.2) is 11.5 Å². The van der Waals surface area contributed by atoms with Gasteiger partial charge in [-0.15, -0.1) is 5.10 Å². The van der Waals surface area contributed by atoms with Crippen LogP contribution in [0.3, 0.4) is 0 Å². The van der Waals surface area contributed by atoms with Crippen molar-refractivity contribution in [1.82, 2.24) is 30.0 Å². The second-order valence-corrected chi connectivity index (χ2v) is 6.54. The number of amides is 1. The van der Waals surface area contributed by atoms with Crippen LogP contribution in [0, 0.1) is 20.8 Å². The van der Waals surface area contributed by atoms with Gasteiger partial charge in [0.05, 0.1) is 24.6 Å². The van der Waals surface area contributed by atoms with Crippen LogP contribution in [0.4, 0.5) is 0 Å². The Kier molecular flexibility index (Phi) is 4.44. The molecule has 0 bridgehead atoms. The summed E-state index contributed by atoms with van der Waals surface area (Å²) in [7, 11) is 0. The van der Waals surface area contributed by atoms with Gasteiger partial charge in [0.1, 0.15) is 6.04 Å². The van der Waals surface area contributed by atoms with Crippen LogP contribution in [-0.4, -0.2) is 55.7 Å². The third-order valence-electron chi connectivity index (χ3n) is 4.59. The standard InChI is InChI=1S/C18H20N6O3/c1-11-4-6-14(7-5-11)24-12(2)16(20-22-24)18(25)23-8-9-26-10-15(23)17-19-13(3)21-27-17/h4-7,15H,8-10H2,1-3H3. The molecule has 27 heavy (non-hydrogen) atoms. The second-order valence-electron chi connectivity index (χ2n) is 6.54. The number of carbonyl (C=O) groups is 1. The Labute approximate surface area is 155 Å². The van der Waals surface area contributed by atoms with Crippen molar-refractivity contribution in [2.75, 3.05) is 19.8 Å². The number of morpholine rings is 1. The highest BCUT2D eigenvalue weighted by Crippen LogP contribution is 2.25. The SMILES string of the molecule is Cc1ccc(-n2nnc(C(=O)N3CCOCC3c3nc(C)no3)c2C)cc1. The van der Waals surface area contributed by atoms with Gasteiger partial charge < -0.3 is 14.2 Å². The molecule has 1 saturated heterocycles. The van der Waals surface area contributed by atoms with Gasteiger partial charge in [0.2, 0.25) is 0 Å². The molecule has 3 aromatic rings. The summed E-state index contributed by atoms with van der Waals surface area (Å²) in [5.74, 6) is 0.656. The molecule has 0 spiro atoms. The smallest absolute Gasteiger partial charge is 0.277 e. The van der Waals surface area contributed by atoms with Crippen LogP contribution in [0.2, 0.25) is 0 Å². The molecular weight excluding hydrogens is 348 g/mol. The number of nitrogens with zero attached hydrogens (tertiary/aromatic N) is 6. The van der Waals surface area contributed by atoms with Gasteiger partial charge in [-0.25, -0.2) is 4.68 Å². The Bertz CT molecular complexity index is 962. The molecule has 1 atom stereocenters. The van der Waals surface area contributed by atoms with E-state index in [4.69, 9.17) is 9.26 Å². The minimum Gasteiger partial charge on any atom is -0.377 e. The lowest BCUT2D eigenvalue weighted by Gasteiger charge is -2.32. The molecule has 140 valence electrons. The van der Waals surface area contributed by atoms with Gasteiger partial charge in [0.25, 0.3) is 11.8 Å². The summed E-state index contributed by atoms with van der Waals surface area (Å²) in [5.41, 5.74) is 2.99. The fraction of sp³-hybridized carbons (Fsp3) is 0.389. The Morgan fingerprint density at radius 2 is 1.96 bits per heavy atom. The van der Waals surface area contributed by atoms with Crippen molar-refractivity contribution in [3.8, 4) is 5.69 Å². The molecule has 1 aromatic carbocycles. The molecule has 3 heterocycles. The summed E-state index contributed by atoms with van der Waals surface area (Å²) in [6, 6.07) is 7.45. The number of hydrogen-bond acceptors (Lipinski definition) is 7. The molecule has 1 aliphatic rings. The number of benzene rings is 1. The van der Waals surface area contributed by atoms with Crippen LogP contribution < -0.4 is 0 Å². The maximum absolute atomic E-state index is 13.2. The molecule has 4 rings (SSSR count). The number of hydrogen-bond donors (Lipinski definition) is 0. The zero-order chi connectivity index (χ0) is 19.0. The average Bonchev–Trinajstić information content (AvgIpc) is 3.28. The van der Waals surface area contributed by atoms with E-state index in [9.17, 15) is 4.79 Å². The van der Waals surface area contributed by atoms with Crippen LogP contribution in [-0.2, 0) is 4.74 Å². The molecule has 0 radical (unpaired) electrons. The third kappa shape index (κ3) is 3.21. The average molecular weight is 368 g/mol. The first-order valence-corrected chi connectivity index (χ1v) is 8.73. The van der Waals surface area contributed by atoms with Gasteiger partial charge in [0, 0.05) is 6.54 Å². The molecule has 9 heteroatoms. The van der Waals surface area contributed by atoms with Crippen LogP contribution in [0.25, 0.3) is 5.69 Å². The molecular formula is C18H20N6O3. The predicted molar refractivity (Wildman–Crippen MR) is 94.5 cm³/mol. The fourth-order valence-corrected chi connectivity index (χ4v) is 3.09. The van der Waals surface area contributed by atoms with E-state index in [0.29, 0.717) is 42.9 Å². The Hall–Kier alpha value is -3.07. The lowest BCUT2D eigenvalue weighted by Crippen LogP contribution is -2.44. The predicted octanol–water partition coefficient (Wildman–Crippen LogP) is 1.79. The minimum absolute atomic E-state index is 0.227. The highest BCUT2D eigenvalue weighted by molar-refractivity contribution is 5.93. The Morgan fingerprint density at radius 1 is 1.19 bits per heavy atom. The largest absolute Gasteiger partial charge is 0.377 e. The van der Waals surface area contributed by atoms with Gasteiger partial charge >= 0.3 is 0 Å². The number of rotatable bonds is 3. The van der Waals surface area contributed by atoms with Crippen molar-refractivity contribution in [2.24, 2.45) is 0 Å². The molecule has 1 unspecified atom stereocenters. The van der Waals surface area contributed by atoms with Gasteiger partial charge in [-0.05, 0) is 32.9 Å². The Morgan fingerprint density at radius 3 is 2.67 bits per heavy atom. The van der Waals surface area contributed by atoms with E-state index in [2.05, 4.69) is 20.5 Å². The molecule has 9 nitrogen and oxygen atoms in total. The zero-order valence-corrected chi connectivity index (χ0v) is 15.4. The maximum atomic E-state index is 13.2. The number of ether oxygens (including phenoxy) is 1. The van der Waals surface area contributed by atoms with Gasteiger partial charge in [-0.1, -0.05) is 28.1 Å². The molecule has 0 N–H and O–H groups in total. The lowest BCUT2D eigenvalue weighted by atomic mass is 10.2. The van der Waals surface area contributed by atoms with Crippen LogP contribution in [0.5, 0.6) is 0 Å². The number of aryl methyl sites for hydroxylation is 2. The van der Waals surface area contributed by atoms with E-state index < -0.39 is 6.04 Å². The van der Waals surface area contributed by atoms with Crippen molar-refractivity contribution in [3.63, 3.8) is 0 Å². The highest BCUT2D eigenvalue weighted by Gasteiger charge is 2.35.